The van der Waals surface area contributed by atoms with Gasteiger partial charge in [0.1, 0.15) is 11.2 Å². The van der Waals surface area contributed by atoms with Crippen LogP contribution >= 0.6 is 0 Å². The van der Waals surface area contributed by atoms with Gasteiger partial charge in [-0.05, 0) is 39.2 Å². The van der Waals surface area contributed by atoms with Crippen molar-refractivity contribution in [2.24, 2.45) is 0 Å². The number of carbonyl (C=O) groups is 3. The van der Waals surface area contributed by atoms with Crippen molar-refractivity contribution in [1.82, 2.24) is 20.0 Å². The van der Waals surface area contributed by atoms with E-state index in [0.717, 1.165) is 36.8 Å². The number of aryl methyl sites for hydroxylation is 1. The van der Waals surface area contributed by atoms with E-state index in [2.05, 4.69) is 10.4 Å². The van der Waals surface area contributed by atoms with E-state index in [1.165, 1.54) is 23.6 Å². The minimum atomic E-state index is -1.15. The van der Waals surface area contributed by atoms with Crippen molar-refractivity contribution in [2.75, 3.05) is 6.61 Å². The molecular formula is C26H34N4O4. The Kier molecular flexibility index (Phi) is 7.05. The summed E-state index contributed by atoms with van der Waals surface area (Å²) in [6.07, 6.45) is 6.48. The van der Waals surface area contributed by atoms with Gasteiger partial charge in [-0.15, -0.1) is 0 Å². The maximum Gasteiger partial charge on any atom is 0.358 e. The molecule has 2 aliphatic rings. The van der Waals surface area contributed by atoms with Crippen molar-refractivity contribution in [2.45, 2.75) is 84.0 Å². The van der Waals surface area contributed by atoms with Crippen LogP contribution in [0.25, 0.3) is 0 Å². The van der Waals surface area contributed by atoms with Gasteiger partial charge in [0.25, 0.3) is 5.91 Å². The summed E-state index contributed by atoms with van der Waals surface area (Å²) in [5.74, 6) is -1.08. The summed E-state index contributed by atoms with van der Waals surface area (Å²) in [4.78, 5) is 41.3. The number of hydrogen-bond donors (Lipinski definition) is 1. The lowest BCUT2D eigenvalue weighted by molar-refractivity contribution is -0.134. The third-order valence-electron chi connectivity index (χ3n) is 6.88. The van der Waals surface area contributed by atoms with Gasteiger partial charge in [-0.1, -0.05) is 55.5 Å². The Balaban J connectivity index is 1.68. The SMILES string of the molecule is CCOC(=O)c1cc2n(n1)C[C@](C)(C(=O)NC1CCCCCC1)N(Cc1cccc(C)c1)C2=O. The molecule has 1 saturated carbocycles. The molecule has 8 nitrogen and oxygen atoms in total. The highest BCUT2D eigenvalue weighted by Crippen LogP contribution is 2.30. The average molecular weight is 467 g/mol. The van der Waals surface area contributed by atoms with Gasteiger partial charge in [0.05, 0.1) is 13.2 Å². The van der Waals surface area contributed by atoms with Crippen LogP contribution < -0.4 is 5.32 Å². The van der Waals surface area contributed by atoms with Gasteiger partial charge >= 0.3 is 5.97 Å². The van der Waals surface area contributed by atoms with Crippen molar-refractivity contribution < 1.29 is 19.1 Å². The fourth-order valence-electron chi connectivity index (χ4n) is 4.95. The molecular weight excluding hydrogens is 432 g/mol. The fraction of sp³-hybridized carbons (Fsp3) is 0.538. The Hall–Kier alpha value is -3.16. The van der Waals surface area contributed by atoms with Gasteiger partial charge in [0, 0.05) is 18.7 Å². The molecule has 0 spiro atoms. The zero-order valence-corrected chi connectivity index (χ0v) is 20.3. The maximum atomic E-state index is 13.7. The Bertz CT molecular complexity index is 1070. The molecule has 1 aromatic heterocycles. The summed E-state index contributed by atoms with van der Waals surface area (Å²) in [5, 5.41) is 7.56. The molecule has 1 N–H and O–H groups in total. The summed E-state index contributed by atoms with van der Waals surface area (Å²) in [6.45, 7) is 6.18. The zero-order chi connectivity index (χ0) is 24.3. The Morgan fingerprint density at radius 1 is 1.18 bits per heavy atom. The number of carbonyl (C=O) groups excluding carboxylic acids is 3. The molecule has 4 rings (SSSR count). The summed E-state index contributed by atoms with van der Waals surface area (Å²) < 4.78 is 6.55. The highest BCUT2D eigenvalue weighted by molar-refractivity contribution is 6.01. The average Bonchev–Trinajstić information content (AvgIpc) is 3.05. The molecule has 1 aliphatic heterocycles. The second-order valence-electron chi connectivity index (χ2n) is 9.61. The van der Waals surface area contributed by atoms with Crippen LogP contribution in [0.2, 0.25) is 0 Å². The van der Waals surface area contributed by atoms with Gasteiger partial charge in [-0.3, -0.25) is 14.3 Å². The second kappa shape index (κ2) is 9.99. The number of benzene rings is 1. The molecule has 1 aliphatic carbocycles. The Morgan fingerprint density at radius 2 is 1.91 bits per heavy atom. The highest BCUT2D eigenvalue weighted by atomic mass is 16.5. The number of ether oxygens (including phenoxy) is 1. The number of nitrogens with one attached hydrogen (secondary N) is 1. The van der Waals surface area contributed by atoms with E-state index in [9.17, 15) is 14.4 Å². The van der Waals surface area contributed by atoms with Crippen LogP contribution in [0.1, 0.15) is 84.5 Å². The topological polar surface area (TPSA) is 93.5 Å². The number of amides is 2. The van der Waals surface area contributed by atoms with E-state index in [0.29, 0.717) is 0 Å². The molecule has 0 bridgehead atoms. The van der Waals surface area contributed by atoms with Crippen molar-refractivity contribution >= 4 is 17.8 Å². The third kappa shape index (κ3) is 4.86. The van der Waals surface area contributed by atoms with E-state index >= 15 is 0 Å². The molecule has 0 saturated heterocycles. The Morgan fingerprint density at radius 3 is 2.59 bits per heavy atom. The van der Waals surface area contributed by atoms with Crippen LogP contribution in [0.4, 0.5) is 0 Å². The molecule has 0 unspecified atom stereocenters. The predicted octanol–water partition coefficient (Wildman–Crippen LogP) is 3.62. The van der Waals surface area contributed by atoms with E-state index in [1.807, 2.05) is 31.2 Å². The van der Waals surface area contributed by atoms with E-state index < -0.39 is 11.5 Å². The monoisotopic (exact) mass is 466 g/mol. The van der Waals surface area contributed by atoms with Crippen LogP contribution in [-0.2, 0) is 22.6 Å². The molecule has 1 aromatic carbocycles. The van der Waals surface area contributed by atoms with Crippen LogP contribution in [0.3, 0.4) is 0 Å². The van der Waals surface area contributed by atoms with E-state index in [1.54, 1.807) is 18.7 Å². The van der Waals surface area contributed by atoms with Crippen LogP contribution in [-0.4, -0.2) is 50.7 Å². The number of esters is 1. The number of fused-ring (bicyclic) bond motifs is 1. The lowest BCUT2D eigenvalue weighted by atomic mass is 9.93. The maximum absolute atomic E-state index is 13.7. The Labute approximate surface area is 200 Å². The fourth-order valence-corrected chi connectivity index (χ4v) is 4.95. The van der Waals surface area contributed by atoms with Gasteiger partial charge in [0.2, 0.25) is 5.91 Å². The lowest BCUT2D eigenvalue weighted by Gasteiger charge is -2.44. The van der Waals surface area contributed by atoms with Gasteiger partial charge in [0.15, 0.2) is 5.69 Å². The standard InChI is InChI=1S/C26H34N4O4/c1-4-34-24(32)21-15-22-23(31)29(16-19-11-9-10-18(2)14-19)26(3,17-30(22)28-21)25(33)27-20-12-7-5-6-8-13-20/h9-11,14-15,20H,4-8,12-13,16-17H2,1-3H3,(H,27,33)/t26-/m1/s1. The first-order valence-electron chi connectivity index (χ1n) is 12.3. The van der Waals surface area contributed by atoms with Crippen molar-refractivity contribution in [3.63, 3.8) is 0 Å². The van der Waals surface area contributed by atoms with Crippen molar-refractivity contribution in [1.29, 1.82) is 0 Å². The first-order chi connectivity index (χ1) is 16.3. The first kappa shape index (κ1) is 24.0. The number of aromatic nitrogens is 2. The first-order valence-corrected chi connectivity index (χ1v) is 12.3. The lowest BCUT2D eigenvalue weighted by Crippen LogP contribution is -2.64. The van der Waals surface area contributed by atoms with E-state index in [4.69, 9.17) is 4.74 Å². The minimum Gasteiger partial charge on any atom is -0.461 e. The van der Waals surface area contributed by atoms with Gasteiger partial charge in [-0.25, -0.2) is 4.79 Å². The molecule has 1 atom stereocenters. The van der Waals surface area contributed by atoms with Crippen molar-refractivity contribution in [3.05, 3.63) is 52.8 Å². The van der Waals surface area contributed by atoms with Crippen molar-refractivity contribution in [3.8, 4) is 0 Å². The summed E-state index contributed by atoms with van der Waals surface area (Å²) in [6, 6.07) is 9.50. The number of rotatable bonds is 6. The quantitative estimate of drug-likeness (QED) is 0.518. The highest BCUT2D eigenvalue weighted by Gasteiger charge is 2.48. The van der Waals surface area contributed by atoms with Gasteiger partial charge in [-0.2, -0.15) is 5.10 Å². The summed E-state index contributed by atoms with van der Waals surface area (Å²) >= 11 is 0. The minimum absolute atomic E-state index is 0.0779. The smallest absolute Gasteiger partial charge is 0.358 e. The molecule has 34 heavy (non-hydrogen) atoms. The predicted molar refractivity (Wildman–Crippen MR) is 127 cm³/mol. The van der Waals surface area contributed by atoms with Crippen LogP contribution in [0.15, 0.2) is 30.3 Å². The van der Waals surface area contributed by atoms with Crippen LogP contribution in [0, 0.1) is 6.92 Å². The summed E-state index contributed by atoms with van der Waals surface area (Å²) in [5.41, 5.74) is 1.24. The van der Waals surface area contributed by atoms with Crippen LogP contribution in [0.5, 0.6) is 0 Å². The molecule has 182 valence electrons. The van der Waals surface area contributed by atoms with Gasteiger partial charge < -0.3 is 15.0 Å². The molecule has 1 fully saturated rings. The second-order valence-corrected chi connectivity index (χ2v) is 9.61. The largest absolute Gasteiger partial charge is 0.461 e. The molecule has 2 amide bonds. The molecule has 0 radical (unpaired) electrons. The molecule has 2 aromatic rings. The summed E-state index contributed by atoms with van der Waals surface area (Å²) in [7, 11) is 0. The third-order valence-corrected chi connectivity index (χ3v) is 6.88. The number of nitrogens with zero attached hydrogens (tertiary/aromatic N) is 3. The normalized spacial score (nSPS) is 21.0. The van der Waals surface area contributed by atoms with E-state index in [-0.39, 0.29) is 48.9 Å². The zero-order valence-electron chi connectivity index (χ0n) is 20.3. The molecule has 8 heteroatoms. The number of hydrogen-bond acceptors (Lipinski definition) is 5. The molecule has 2 heterocycles.